The first-order chi connectivity index (χ1) is 21.5. The second kappa shape index (κ2) is 12.7. The summed E-state index contributed by atoms with van der Waals surface area (Å²) in [5.41, 5.74) is 12.6. The summed E-state index contributed by atoms with van der Waals surface area (Å²) in [6, 6.07) is 29.3. The molecule has 0 saturated heterocycles. The highest BCUT2D eigenvalue weighted by molar-refractivity contribution is 5.60. The lowest BCUT2D eigenvalue weighted by molar-refractivity contribution is 0.550. The van der Waals surface area contributed by atoms with Crippen molar-refractivity contribution in [2.45, 2.75) is 91.9 Å². The lowest BCUT2D eigenvalue weighted by atomic mass is 9.64. The van der Waals surface area contributed by atoms with Crippen molar-refractivity contribution in [3.05, 3.63) is 139 Å². The van der Waals surface area contributed by atoms with Gasteiger partial charge in [0.25, 0.3) is 0 Å². The van der Waals surface area contributed by atoms with E-state index in [4.69, 9.17) is 0 Å². The van der Waals surface area contributed by atoms with Gasteiger partial charge in [-0.05, 0) is 143 Å². The smallest absolute Gasteiger partial charge is 0.0991 e. The molecular formula is C42H42N4. The van der Waals surface area contributed by atoms with Crippen LogP contribution in [-0.2, 0) is 10.8 Å². The Hall–Kier alpha value is -5.16. The number of nitrogens with zero attached hydrogens (tertiary/aromatic N) is 4. The summed E-state index contributed by atoms with van der Waals surface area (Å²) in [5, 5.41) is 39.6. The van der Waals surface area contributed by atoms with Crippen LogP contribution in [-0.4, -0.2) is 0 Å². The van der Waals surface area contributed by atoms with Gasteiger partial charge in [0.2, 0.25) is 0 Å². The summed E-state index contributed by atoms with van der Waals surface area (Å²) in [5.74, 6) is -0.455. The molecule has 4 heteroatoms. The molecule has 0 aromatic heterocycles. The Morgan fingerprint density at radius 1 is 0.435 bits per heavy atom. The van der Waals surface area contributed by atoms with Crippen molar-refractivity contribution in [3.63, 3.8) is 0 Å². The minimum absolute atomic E-state index is 0.219. The Morgan fingerprint density at radius 2 is 0.739 bits per heavy atom. The summed E-state index contributed by atoms with van der Waals surface area (Å²) < 4.78 is 0. The average molecular weight is 603 g/mol. The van der Waals surface area contributed by atoms with E-state index in [2.05, 4.69) is 106 Å². The molecule has 0 aliphatic heterocycles. The molecule has 0 aliphatic rings. The third-order valence-electron chi connectivity index (χ3n) is 9.05. The third kappa shape index (κ3) is 6.45. The van der Waals surface area contributed by atoms with Crippen LogP contribution >= 0.6 is 0 Å². The van der Waals surface area contributed by atoms with Crippen LogP contribution in [0.5, 0.6) is 0 Å². The molecule has 0 saturated carbocycles. The Balaban J connectivity index is 2.33. The first kappa shape index (κ1) is 33.7. The fourth-order valence-corrected chi connectivity index (χ4v) is 7.16. The molecule has 4 nitrogen and oxygen atoms in total. The maximum absolute atomic E-state index is 9.96. The summed E-state index contributed by atoms with van der Waals surface area (Å²) in [6.07, 6.45) is 0. The van der Waals surface area contributed by atoms with Gasteiger partial charge in [-0.1, -0.05) is 53.7 Å². The van der Waals surface area contributed by atoms with Gasteiger partial charge in [0, 0.05) is 11.8 Å². The number of benzene rings is 4. The van der Waals surface area contributed by atoms with Crippen molar-refractivity contribution in [2.75, 3.05) is 0 Å². The molecule has 4 aromatic carbocycles. The summed E-state index contributed by atoms with van der Waals surface area (Å²) in [7, 11) is 0. The van der Waals surface area contributed by atoms with E-state index in [1.54, 1.807) is 0 Å². The second-order valence-electron chi connectivity index (χ2n) is 14.6. The predicted molar refractivity (Wildman–Crippen MR) is 185 cm³/mol. The topological polar surface area (TPSA) is 95.2 Å². The maximum atomic E-state index is 9.96. The van der Waals surface area contributed by atoms with Crippen molar-refractivity contribution >= 4 is 0 Å². The maximum Gasteiger partial charge on any atom is 0.0991 e. The first-order valence-corrected chi connectivity index (χ1v) is 15.7. The first-order valence-electron chi connectivity index (χ1n) is 15.7. The second-order valence-corrected chi connectivity index (χ2v) is 14.6. The molecule has 0 N–H and O–H groups in total. The van der Waals surface area contributed by atoms with E-state index >= 15 is 0 Å². The number of hydrogen-bond donors (Lipinski definition) is 0. The Kier molecular flexibility index (Phi) is 9.30. The SMILES string of the molecule is Cc1cc(C#N)cc(C)c1C(c1c(C)cc(C#N)cc1C)C(c1ccc(C#N)cc1C(C)(C)C)c1ccc(C#N)cc1C(C)(C)C. The van der Waals surface area contributed by atoms with E-state index in [9.17, 15) is 21.0 Å². The van der Waals surface area contributed by atoms with E-state index in [0.29, 0.717) is 22.3 Å². The molecule has 4 rings (SSSR count). The Bertz CT molecular complexity index is 1810. The van der Waals surface area contributed by atoms with Crippen molar-refractivity contribution in [2.24, 2.45) is 0 Å². The fraction of sp³-hybridized carbons (Fsp3) is 0.333. The van der Waals surface area contributed by atoms with Crippen molar-refractivity contribution in [1.29, 1.82) is 21.0 Å². The van der Waals surface area contributed by atoms with Gasteiger partial charge < -0.3 is 0 Å². The predicted octanol–water partition coefficient (Wildman–Crippen LogP) is 9.97. The molecular weight excluding hydrogens is 560 g/mol. The Labute approximate surface area is 275 Å². The van der Waals surface area contributed by atoms with Gasteiger partial charge in [0.1, 0.15) is 0 Å². The van der Waals surface area contributed by atoms with Gasteiger partial charge in [-0.3, -0.25) is 0 Å². The largest absolute Gasteiger partial charge is 0.192 e. The fourth-order valence-electron chi connectivity index (χ4n) is 7.16. The van der Waals surface area contributed by atoms with Crippen LogP contribution in [0.4, 0.5) is 0 Å². The van der Waals surface area contributed by atoms with Crippen molar-refractivity contribution < 1.29 is 0 Å². The van der Waals surface area contributed by atoms with Gasteiger partial charge >= 0.3 is 0 Å². The molecule has 0 fully saturated rings. The van der Waals surface area contributed by atoms with E-state index in [1.807, 2.05) is 48.5 Å². The zero-order chi connectivity index (χ0) is 34.1. The summed E-state index contributed by atoms with van der Waals surface area (Å²) in [6.45, 7) is 21.4. The van der Waals surface area contributed by atoms with Crippen LogP contribution in [0.2, 0.25) is 0 Å². The molecule has 0 amide bonds. The molecule has 46 heavy (non-hydrogen) atoms. The molecule has 0 heterocycles. The van der Waals surface area contributed by atoms with Crippen molar-refractivity contribution in [1.82, 2.24) is 0 Å². The van der Waals surface area contributed by atoms with E-state index in [0.717, 1.165) is 55.6 Å². The van der Waals surface area contributed by atoms with E-state index in [-0.39, 0.29) is 22.7 Å². The lowest BCUT2D eigenvalue weighted by Gasteiger charge is -2.39. The van der Waals surface area contributed by atoms with Crippen LogP contribution in [0, 0.1) is 73.0 Å². The van der Waals surface area contributed by atoms with E-state index < -0.39 is 0 Å². The third-order valence-corrected chi connectivity index (χ3v) is 9.05. The van der Waals surface area contributed by atoms with Crippen LogP contribution in [0.1, 0.15) is 131 Å². The molecule has 0 radical (unpaired) electrons. The number of aryl methyl sites for hydroxylation is 4. The highest BCUT2D eigenvalue weighted by atomic mass is 14.4. The van der Waals surface area contributed by atoms with Crippen LogP contribution < -0.4 is 0 Å². The molecule has 0 bridgehead atoms. The molecule has 230 valence electrons. The van der Waals surface area contributed by atoms with Crippen LogP contribution in [0.25, 0.3) is 0 Å². The van der Waals surface area contributed by atoms with Gasteiger partial charge in [0.15, 0.2) is 0 Å². The number of hydrogen-bond acceptors (Lipinski definition) is 4. The number of nitriles is 4. The lowest BCUT2D eigenvalue weighted by Crippen LogP contribution is -2.26. The minimum Gasteiger partial charge on any atom is -0.192 e. The van der Waals surface area contributed by atoms with Gasteiger partial charge in [0.05, 0.1) is 46.5 Å². The molecule has 0 atom stereocenters. The average Bonchev–Trinajstić information content (AvgIpc) is 2.99. The molecule has 4 aromatic rings. The van der Waals surface area contributed by atoms with Crippen LogP contribution in [0.15, 0.2) is 60.7 Å². The highest BCUT2D eigenvalue weighted by Gasteiger charge is 2.38. The van der Waals surface area contributed by atoms with Gasteiger partial charge in [-0.2, -0.15) is 21.0 Å². The van der Waals surface area contributed by atoms with E-state index in [1.165, 1.54) is 0 Å². The normalized spacial score (nSPS) is 11.6. The quantitative estimate of drug-likeness (QED) is 0.227. The standard InChI is InChI=1S/C42H42N4/c1-25-15-31(23-45)16-26(2)37(25)40(38-27(3)17-32(24-46)18-28(38)4)39(33-13-11-29(21-43)19-35(33)41(5,6)7)34-14-12-30(22-44)20-36(34)42(8,9)10/h11-20,39-40H,1-10H3. The highest BCUT2D eigenvalue weighted by Crippen LogP contribution is 2.51. The summed E-state index contributed by atoms with van der Waals surface area (Å²) >= 11 is 0. The monoisotopic (exact) mass is 602 g/mol. The molecule has 0 spiro atoms. The zero-order valence-corrected chi connectivity index (χ0v) is 28.7. The van der Waals surface area contributed by atoms with Gasteiger partial charge in [-0.25, -0.2) is 0 Å². The molecule has 0 unspecified atom stereocenters. The van der Waals surface area contributed by atoms with Crippen molar-refractivity contribution in [3.8, 4) is 24.3 Å². The number of rotatable bonds is 5. The zero-order valence-electron chi connectivity index (χ0n) is 28.7. The molecule has 0 aliphatic carbocycles. The van der Waals surface area contributed by atoms with Gasteiger partial charge in [-0.15, -0.1) is 0 Å². The minimum atomic E-state index is -0.289. The van der Waals surface area contributed by atoms with Crippen LogP contribution in [0.3, 0.4) is 0 Å². The summed E-state index contributed by atoms with van der Waals surface area (Å²) in [4.78, 5) is 0. The Morgan fingerprint density at radius 3 is 1.00 bits per heavy atom.